The summed E-state index contributed by atoms with van der Waals surface area (Å²) in [5.41, 5.74) is -0.684. The molecule has 2 aromatic carbocycles. The standard InChI is InChI=1S/C23H20F5N3O/c24-14-4-1-3-13(9-14)22(32)30-17-6-2-5-16(11-17)29-20-12-21(23(26,27)28)31-19-8-7-15(25)10-18(19)20/h1,3-4,7-10,12,16-17H,2,5-6,11H2,(H,29,31)(H,30,32)/t16-,17+/m0/s1. The van der Waals surface area contributed by atoms with Crippen molar-refractivity contribution in [1.82, 2.24) is 10.3 Å². The van der Waals surface area contributed by atoms with E-state index in [0.717, 1.165) is 30.7 Å². The number of pyridine rings is 1. The van der Waals surface area contributed by atoms with E-state index >= 15 is 0 Å². The van der Waals surface area contributed by atoms with Crippen molar-refractivity contribution in [2.24, 2.45) is 0 Å². The van der Waals surface area contributed by atoms with Gasteiger partial charge in [-0.25, -0.2) is 13.8 Å². The molecule has 1 saturated carbocycles. The van der Waals surface area contributed by atoms with E-state index < -0.39 is 29.4 Å². The van der Waals surface area contributed by atoms with E-state index in [1.54, 1.807) is 0 Å². The van der Waals surface area contributed by atoms with Crippen LogP contribution in [0.15, 0.2) is 48.5 Å². The number of rotatable bonds is 4. The Kier molecular flexibility index (Phi) is 5.99. The Bertz CT molecular complexity index is 1150. The van der Waals surface area contributed by atoms with E-state index in [-0.39, 0.29) is 34.2 Å². The van der Waals surface area contributed by atoms with Gasteiger partial charge in [0.1, 0.15) is 17.3 Å². The van der Waals surface area contributed by atoms with E-state index in [1.807, 2.05) is 0 Å². The monoisotopic (exact) mass is 449 g/mol. The molecule has 3 aromatic rings. The van der Waals surface area contributed by atoms with Crippen molar-refractivity contribution >= 4 is 22.5 Å². The zero-order chi connectivity index (χ0) is 22.9. The largest absolute Gasteiger partial charge is 0.433 e. The average molecular weight is 449 g/mol. The fourth-order valence-electron chi connectivity index (χ4n) is 4.03. The van der Waals surface area contributed by atoms with Gasteiger partial charge in [0.05, 0.1) is 5.52 Å². The zero-order valence-electron chi connectivity index (χ0n) is 16.8. The molecule has 1 aromatic heterocycles. The highest BCUT2D eigenvalue weighted by Crippen LogP contribution is 2.34. The molecule has 32 heavy (non-hydrogen) atoms. The number of carbonyl (C=O) groups excluding carboxylic acids is 1. The van der Waals surface area contributed by atoms with Gasteiger partial charge in [-0.3, -0.25) is 4.79 Å². The van der Waals surface area contributed by atoms with Gasteiger partial charge in [-0.2, -0.15) is 13.2 Å². The maximum atomic E-state index is 13.8. The number of amides is 1. The molecule has 2 atom stereocenters. The van der Waals surface area contributed by atoms with Crippen LogP contribution in [-0.4, -0.2) is 23.0 Å². The lowest BCUT2D eigenvalue weighted by Crippen LogP contribution is -2.41. The van der Waals surface area contributed by atoms with Crippen LogP contribution in [0.5, 0.6) is 0 Å². The van der Waals surface area contributed by atoms with Crippen molar-refractivity contribution in [2.45, 2.75) is 43.9 Å². The van der Waals surface area contributed by atoms with E-state index in [0.29, 0.717) is 19.3 Å². The van der Waals surface area contributed by atoms with Gasteiger partial charge in [0.2, 0.25) is 0 Å². The van der Waals surface area contributed by atoms with Crippen LogP contribution in [0.25, 0.3) is 10.9 Å². The molecular weight excluding hydrogens is 429 g/mol. The summed E-state index contributed by atoms with van der Waals surface area (Å²) < 4.78 is 67.1. The molecule has 1 fully saturated rings. The van der Waals surface area contributed by atoms with E-state index in [2.05, 4.69) is 15.6 Å². The topological polar surface area (TPSA) is 54.0 Å². The zero-order valence-corrected chi connectivity index (χ0v) is 16.8. The van der Waals surface area contributed by atoms with Crippen molar-refractivity contribution in [3.05, 3.63) is 71.4 Å². The Labute approximate surface area is 180 Å². The second-order valence-electron chi connectivity index (χ2n) is 7.90. The molecule has 0 spiro atoms. The van der Waals surface area contributed by atoms with Crippen LogP contribution in [0.4, 0.5) is 27.6 Å². The highest BCUT2D eigenvalue weighted by atomic mass is 19.4. The Morgan fingerprint density at radius 3 is 2.47 bits per heavy atom. The fourth-order valence-corrected chi connectivity index (χ4v) is 4.03. The second kappa shape index (κ2) is 8.72. The molecule has 1 heterocycles. The van der Waals surface area contributed by atoms with Gasteiger partial charge in [0.25, 0.3) is 5.91 Å². The molecule has 1 aliphatic carbocycles. The first-order chi connectivity index (χ1) is 15.2. The Morgan fingerprint density at radius 1 is 0.969 bits per heavy atom. The predicted molar refractivity (Wildman–Crippen MR) is 110 cm³/mol. The van der Waals surface area contributed by atoms with Crippen LogP contribution in [0, 0.1) is 11.6 Å². The van der Waals surface area contributed by atoms with Gasteiger partial charge in [-0.1, -0.05) is 6.07 Å². The third-order valence-corrected chi connectivity index (χ3v) is 5.52. The normalized spacial score (nSPS) is 19.0. The minimum absolute atomic E-state index is 0.0375. The summed E-state index contributed by atoms with van der Waals surface area (Å²) in [6, 6.07) is 9.19. The second-order valence-corrected chi connectivity index (χ2v) is 7.90. The molecule has 0 saturated heterocycles. The molecule has 9 heteroatoms. The van der Waals surface area contributed by atoms with Crippen molar-refractivity contribution in [3.8, 4) is 0 Å². The van der Waals surface area contributed by atoms with Crippen molar-refractivity contribution in [1.29, 1.82) is 0 Å². The minimum atomic E-state index is -4.65. The first kappa shape index (κ1) is 22.0. The number of hydrogen-bond donors (Lipinski definition) is 2. The van der Waals surface area contributed by atoms with E-state index in [4.69, 9.17) is 0 Å². The minimum Gasteiger partial charge on any atom is -0.382 e. The summed E-state index contributed by atoms with van der Waals surface area (Å²) in [6.45, 7) is 0. The van der Waals surface area contributed by atoms with Crippen LogP contribution < -0.4 is 10.6 Å². The molecule has 4 nitrogen and oxygen atoms in total. The van der Waals surface area contributed by atoms with E-state index in [1.165, 1.54) is 24.3 Å². The quantitative estimate of drug-likeness (QED) is 0.504. The molecule has 0 aliphatic heterocycles. The number of carbonyl (C=O) groups is 1. The first-order valence-corrected chi connectivity index (χ1v) is 10.2. The number of nitrogens with zero attached hydrogens (tertiary/aromatic N) is 1. The highest BCUT2D eigenvalue weighted by Gasteiger charge is 2.34. The third-order valence-electron chi connectivity index (χ3n) is 5.52. The first-order valence-electron chi connectivity index (χ1n) is 10.2. The molecular formula is C23H20F5N3O. The molecule has 0 radical (unpaired) electrons. The number of fused-ring (bicyclic) bond motifs is 1. The predicted octanol–water partition coefficient (Wildman–Crippen LogP) is 5.68. The maximum Gasteiger partial charge on any atom is 0.433 e. The van der Waals surface area contributed by atoms with Crippen LogP contribution in [0.2, 0.25) is 0 Å². The van der Waals surface area contributed by atoms with Gasteiger partial charge < -0.3 is 10.6 Å². The van der Waals surface area contributed by atoms with Gasteiger partial charge in [0.15, 0.2) is 0 Å². The number of nitrogens with one attached hydrogen (secondary N) is 2. The average Bonchev–Trinajstić information content (AvgIpc) is 2.73. The fraction of sp³-hybridized carbons (Fsp3) is 0.304. The number of anilines is 1. The number of hydrogen-bond acceptors (Lipinski definition) is 3. The lowest BCUT2D eigenvalue weighted by Gasteiger charge is -2.31. The van der Waals surface area contributed by atoms with Crippen LogP contribution >= 0.6 is 0 Å². The number of alkyl halides is 3. The third kappa shape index (κ3) is 4.98. The van der Waals surface area contributed by atoms with Gasteiger partial charge in [0, 0.05) is 28.7 Å². The molecule has 1 amide bonds. The summed E-state index contributed by atoms with van der Waals surface area (Å²) in [4.78, 5) is 16.0. The van der Waals surface area contributed by atoms with Crippen molar-refractivity contribution in [3.63, 3.8) is 0 Å². The Morgan fingerprint density at radius 2 is 1.72 bits per heavy atom. The summed E-state index contributed by atoms with van der Waals surface area (Å²) >= 11 is 0. The molecule has 2 N–H and O–H groups in total. The van der Waals surface area contributed by atoms with Gasteiger partial charge in [-0.05, 0) is 68.1 Å². The molecule has 0 bridgehead atoms. The number of halogens is 5. The van der Waals surface area contributed by atoms with Crippen molar-refractivity contribution < 1.29 is 26.7 Å². The number of benzene rings is 2. The molecule has 168 valence electrons. The maximum absolute atomic E-state index is 13.8. The lowest BCUT2D eigenvalue weighted by molar-refractivity contribution is -0.140. The van der Waals surface area contributed by atoms with Crippen LogP contribution in [0.3, 0.4) is 0 Å². The molecule has 4 rings (SSSR count). The SMILES string of the molecule is O=C(N[C@@H]1CCC[C@H](Nc2cc(C(F)(F)F)nc3ccc(F)cc23)C1)c1cccc(F)c1. The van der Waals surface area contributed by atoms with Gasteiger partial charge in [-0.15, -0.1) is 0 Å². The van der Waals surface area contributed by atoms with E-state index in [9.17, 15) is 26.7 Å². The lowest BCUT2D eigenvalue weighted by atomic mass is 9.90. The molecule has 0 unspecified atom stereocenters. The van der Waals surface area contributed by atoms with Gasteiger partial charge >= 0.3 is 6.18 Å². The summed E-state index contributed by atoms with van der Waals surface area (Å²) in [5, 5.41) is 6.21. The van der Waals surface area contributed by atoms with Crippen LogP contribution in [-0.2, 0) is 6.18 Å². The summed E-state index contributed by atoms with van der Waals surface area (Å²) in [6.07, 6.45) is -2.09. The summed E-state index contributed by atoms with van der Waals surface area (Å²) in [7, 11) is 0. The number of aromatic nitrogens is 1. The summed E-state index contributed by atoms with van der Waals surface area (Å²) in [5.74, 6) is -1.50. The van der Waals surface area contributed by atoms with Crippen LogP contribution in [0.1, 0.15) is 41.7 Å². The molecule has 1 aliphatic rings. The Balaban J connectivity index is 1.53. The Hall–Kier alpha value is -3.23. The van der Waals surface area contributed by atoms with Crippen molar-refractivity contribution in [2.75, 3.05) is 5.32 Å². The smallest absolute Gasteiger partial charge is 0.382 e. The highest BCUT2D eigenvalue weighted by molar-refractivity contribution is 5.94.